The average Bonchev–Trinajstić information content (AvgIpc) is 4.08. The Morgan fingerprint density at radius 3 is 1.19 bits per heavy atom. The van der Waals surface area contributed by atoms with Crippen LogP contribution < -0.4 is 0 Å². The molecule has 0 bridgehead atoms. The first-order valence-corrected chi connectivity index (χ1v) is 23.3. The minimum atomic E-state index is 0.605. The van der Waals surface area contributed by atoms with Crippen LogP contribution >= 0.6 is 0 Å². The lowest BCUT2D eigenvalue weighted by Gasteiger charge is -2.10. The molecule has 0 aliphatic carbocycles. The maximum atomic E-state index is 6.46. The van der Waals surface area contributed by atoms with Crippen molar-refractivity contribution >= 4 is 65.6 Å². The number of furan rings is 1. The van der Waals surface area contributed by atoms with Crippen molar-refractivity contribution in [2.75, 3.05) is 0 Å². The number of aromatic nitrogens is 5. The van der Waals surface area contributed by atoms with Crippen LogP contribution in [0.3, 0.4) is 0 Å². The highest BCUT2D eigenvalue weighted by atomic mass is 16.3. The van der Waals surface area contributed by atoms with Crippen LogP contribution in [0, 0.1) is 0 Å². The molecular weight excluding hydrogens is 843 g/mol. The van der Waals surface area contributed by atoms with E-state index in [1.54, 1.807) is 0 Å². The number of benzene rings is 10. The van der Waals surface area contributed by atoms with E-state index >= 15 is 0 Å². The summed E-state index contributed by atoms with van der Waals surface area (Å²) in [6.45, 7) is 0. The van der Waals surface area contributed by atoms with Gasteiger partial charge in [-0.15, -0.1) is 0 Å². The molecule has 0 amide bonds. The summed E-state index contributed by atoms with van der Waals surface area (Å²) < 4.78 is 11.2. The third-order valence-corrected chi connectivity index (χ3v) is 13.6. The Kier molecular flexibility index (Phi) is 8.79. The molecule has 0 radical (unpaired) electrons. The standard InChI is InChI=1S/C63H39N5O/c1-5-15-40(16-6-1)61-64-62(41-17-7-2-8-18-41)66-63(65-61)46-29-34-60-54(37-46)53-36-43(28-33-59(53)69-60)45-26-31-51-52-35-42(27-32-56(52)68(58(51)39-45)48-21-11-4-12-22-48)44-25-30-50-49-23-13-14-24-55(49)67(57(50)38-44)47-19-9-3-10-20-47/h1-39H. The van der Waals surface area contributed by atoms with Crippen LogP contribution in [0.25, 0.3) is 133 Å². The van der Waals surface area contributed by atoms with Gasteiger partial charge in [-0.05, 0) is 107 Å². The van der Waals surface area contributed by atoms with Crippen molar-refractivity contribution < 1.29 is 4.42 Å². The largest absolute Gasteiger partial charge is 0.456 e. The Morgan fingerprint density at radius 2 is 0.623 bits per heavy atom. The van der Waals surface area contributed by atoms with Crippen molar-refractivity contribution in [2.24, 2.45) is 0 Å². The van der Waals surface area contributed by atoms with Crippen LogP contribution in [0.1, 0.15) is 0 Å². The van der Waals surface area contributed by atoms with E-state index in [-0.39, 0.29) is 0 Å². The number of hydrogen-bond donors (Lipinski definition) is 0. The van der Waals surface area contributed by atoms with Crippen molar-refractivity contribution in [1.82, 2.24) is 24.1 Å². The van der Waals surface area contributed by atoms with Crippen LogP contribution in [0.2, 0.25) is 0 Å². The van der Waals surface area contributed by atoms with Crippen molar-refractivity contribution in [1.29, 1.82) is 0 Å². The van der Waals surface area contributed by atoms with Crippen LogP contribution in [-0.2, 0) is 0 Å². The third-order valence-electron chi connectivity index (χ3n) is 13.6. The molecule has 14 rings (SSSR count). The highest BCUT2D eigenvalue weighted by molar-refractivity contribution is 6.13. The lowest BCUT2D eigenvalue weighted by molar-refractivity contribution is 0.669. The van der Waals surface area contributed by atoms with E-state index in [1.165, 1.54) is 43.7 Å². The second-order valence-electron chi connectivity index (χ2n) is 17.6. The topological polar surface area (TPSA) is 61.7 Å². The minimum Gasteiger partial charge on any atom is -0.456 e. The number of para-hydroxylation sites is 3. The Balaban J connectivity index is 0.894. The van der Waals surface area contributed by atoms with E-state index in [4.69, 9.17) is 19.4 Å². The molecule has 14 aromatic rings. The van der Waals surface area contributed by atoms with Gasteiger partial charge in [0.15, 0.2) is 17.5 Å². The fourth-order valence-electron chi connectivity index (χ4n) is 10.3. The fourth-order valence-corrected chi connectivity index (χ4v) is 10.3. The molecule has 0 saturated carbocycles. The van der Waals surface area contributed by atoms with Gasteiger partial charge in [-0.25, -0.2) is 15.0 Å². The molecule has 4 aromatic heterocycles. The zero-order valence-electron chi connectivity index (χ0n) is 37.2. The summed E-state index contributed by atoms with van der Waals surface area (Å²) in [6, 6.07) is 83.6. The molecule has 4 heterocycles. The lowest BCUT2D eigenvalue weighted by Crippen LogP contribution is -2.00. The first kappa shape index (κ1) is 38.8. The summed E-state index contributed by atoms with van der Waals surface area (Å²) >= 11 is 0. The maximum Gasteiger partial charge on any atom is 0.164 e. The Bertz CT molecular complexity index is 4230. The highest BCUT2D eigenvalue weighted by Crippen LogP contribution is 2.41. The summed E-state index contributed by atoms with van der Waals surface area (Å²) in [5.74, 6) is 1.86. The van der Waals surface area contributed by atoms with Crippen LogP contribution in [-0.4, -0.2) is 24.1 Å². The summed E-state index contributed by atoms with van der Waals surface area (Å²) in [4.78, 5) is 14.9. The Hall–Kier alpha value is -9.39. The van der Waals surface area contributed by atoms with E-state index in [9.17, 15) is 0 Å². The van der Waals surface area contributed by atoms with Gasteiger partial charge in [-0.1, -0.05) is 152 Å². The van der Waals surface area contributed by atoms with Gasteiger partial charge in [0.1, 0.15) is 11.2 Å². The Morgan fingerprint density at radius 1 is 0.246 bits per heavy atom. The van der Waals surface area contributed by atoms with Gasteiger partial charge in [0, 0.05) is 60.4 Å². The molecule has 0 unspecified atom stereocenters. The molecule has 0 saturated heterocycles. The van der Waals surface area contributed by atoms with Gasteiger partial charge < -0.3 is 13.6 Å². The second-order valence-corrected chi connectivity index (χ2v) is 17.6. The van der Waals surface area contributed by atoms with Gasteiger partial charge in [0.2, 0.25) is 0 Å². The highest BCUT2D eigenvalue weighted by Gasteiger charge is 2.19. The van der Waals surface area contributed by atoms with Crippen molar-refractivity contribution in [2.45, 2.75) is 0 Å². The second kappa shape index (κ2) is 15.6. The molecule has 0 N–H and O–H groups in total. The number of fused-ring (bicyclic) bond motifs is 9. The molecule has 6 nitrogen and oxygen atoms in total. The molecular formula is C63H39N5O. The molecule has 69 heavy (non-hydrogen) atoms. The van der Waals surface area contributed by atoms with Crippen LogP contribution in [0.5, 0.6) is 0 Å². The van der Waals surface area contributed by atoms with E-state index in [0.29, 0.717) is 17.5 Å². The van der Waals surface area contributed by atoms with E-state index in [1.807, 2.05) is 72.8 Å². The molecule has 0 atom stereocenters. The Labute approximate surface area is 396 Å². The molecule has 0 spiro atoms. The monoisotopic (exact) mass is 881 g/mol. The van der Waals surface area contributed by atoms with Gasteiger partial charge in [-0.3, -0.25) is 0 Å². The van der Waals surface area contributed by atoms with Crippen molar-refractivity contribution in [3.05, 3.63) is 237 Å². The minimum absolute atomic E-state index is 0.605. The molecule has 0 fully saturated rings. The summed E-state index contributed by atoms with van der Waals surface area (Å²) in [7, 11) is 0. The van der Waals surface area contributed by atoms with Crippen LogP contribution in [0.4, 0.5) is 0 Å². The van der Waals surface area contributed by atoms with Gasteiger partial charge >= 0.3 is 0 Å². The van der Waals surface area contributed by atoms with Crippen molar-refractivity contribution in [3.8, 4) is 67.8 Å². The quantitative estimate of drug-likeness (QED) is 0.160. The average molecular weight is 882 g/mol. The van der Waals surface area contributed by atoms with Gasteiger partial charge in [0.05, 0.1) is 22.1 Å². The maximum absolute atomic E-state index is 6.46. The van der Waals surface area contributed by atoms with E-state index in [2.05, 4.69) is 173 Å². The normalized spacial score (nSPS) is 11.8. The van der Waals surface area contributed by atoms with Gasteiger partial charge in [-0.2, -0.15) is 0 Å². The van der Waals surface area contributed by atoms with Crippen molar-refractivity contribution in [3.63, 3.8) is 0 Å². The van der Waals surface area contributed by atoms with Crippen LogP contribution in [0.15, 0.2) is 241 Å². The molecule has 0 aliphatic heterocycles. The molecule has 10 aromatic carbocycles. The summed E-state index contributed by atoms with van der Waals surface area (Å²) in [6.07, 6.45) is 0. The third kappa shape index (κ3) is 6.45. The molecule has 322 valence electrons. The number of hydrogen-bond acceptors (Lipinski definition) is 4. The van der Waals surface area contributed by atoms with E-state index < -0.39 is 0 Å². The predicted octanol–water partition coefficient (Wildman–Crippen LogP) is 16.3. The lowest BCUT2D eigenvalue weighted by atomic mass is 9.99. The SMILES string of the molecule is c1ccc(-c2nc(-c3ccccc3)nc(-c3ccc4oc5ccc(-c6ccc7c8cc(-c9ccc%10c%11ccccc%11n(-c%11ccccc%11)c%10c9)ccc8n(-c8ccccc8)c7c6)cc5c4c3)n2)cc1. The first-order chi connectivity index (χ1) is 34.2. The molecule has 6 heteroatoms. The van der Waals surface area contributed by atoms with Gasteiger partial charge in [0.25, 0.3) is 0 Å². The summed E-state index contributed by atoms with van der Waals surface area (Å²) in [5, 5.41) is 6.92. The fraction of sp³-hybridized carbons (Fsp3) is 0. The number of nitrogens with zero attached hydrogens (tertiary/aromatic N) is 5. The molecule has 0 aliphatic rings. The first-order valence-electron chi connectivity index (χ1n) is 23.3. The number of rotatable bonds is 7. The zero-order valence-corrected chi connectivity index (χ0v) is 37.2. The smallest absolute Gasteiger partial charge is 0.164 e. The van der Waals surface area contributed by atoms with E-state index in [0.717, 1.165) is 72.2 Å². The zero-order chi connectivity index (χ0) is 45.4. The predicted molar refractivity (Wildman–Crippen MR) is 283 cm³/mol. The summed E-state index contributed by atoms with van der Waals surface area (Å²) in [5.41, 5.74) is 15.9.